The van der Waals surface area contributed by atoms with Crippen molar-refractivity contribution in [2.75, 3.05) is 0 Å². The first-order valence-corrected chi connectivity index (χ1v) is 5.71. The number of hydrogen-bond donors (Lipinski definition) is 0. The Morgan fingerprint density at radius 1 is 0.933 bits per heavy atom. The van der Waals surface area contributed by atoms with Gasteiger partial charge in [-0.15, -0.1) is 11.3 Å². The van der Waals surface area contributed by atoms with Crippen molar-refractivity contribution >= 4 is 21.4 Å². The lowest BCUT2D eigenvalue weighted by molar-refractivity contribution is 1.69. The Balaban J connectivity index is 2.21. The van der Waals surface area contributed by atoms with Crippen LogP contribution in [0.1, 0.15) is 0 Å². The molecule has 0 aliphatic heterocycles. The van der Waals surface area contributed by atoms with Crippen molar-refractivity contribution in [3.63, 3.8) is 0 Å². The third kappa shape index (κ3) is 1.55. The summed E-state index contributed by atoms with van der Waals surface area (Å²) in [5, 5.41) is 1.31. The van der Waals surface area contributed by atoms with Crippen LogP contribution in [0, 0.1) is 6.07 Å². The molecule has 1 radical (unpaired) electrons. The van der Waals surface area contributed by atoms with Gasteiger partial charge in [-0.1, -0.05) is 42.5 Å². The fourth-order valence-corrected chi connectivity index (χ4v) is 2.71. The molecule has 0 aliphatic rings. The zero-order valence-corrected chi connectivity index (χ0v) is 8.92. The third-order valence-corrected chi connectivity index (χ3v) is 3.55. The second kappa shape index (κ2) is 3.52. The normalized spacial score (nSPS) is 10.7. The summed E-state index contributed by atoms with van der Waals surface area (Å²) in [6, 6.07) is 22.1. The van der Waals surface area contributed by atoms with Crippen LogP contribution in [0.25, 0.3) is 20.5 Å². The van der Waals surface area contributed by atoms with Gasteiger partial charge < -0.3 is 0 Å². The van der Waals surface area contributed by atoms with Gasteiger partial charge in [0, 0.05) is 9.58 Å². The minimum atomic E-state index is 1.18. The van der Waals surface area contributed by atoms with E-state index in [0.717, 1.165) is 0 Å². The lowest BCUT2D eigenvalue weighted by Gasteiger charge is -1.92. The third-order valence-electron chi connectivity index (χ3n) is 2.40. The largest absolute Gasteiger partial charge is 0.135 e. The predicted molar refractivity (Wildman–Crippen MR) is 66.1 cm³/mol. The van der Waals surface area contributed by atoms with Crippen molar-refractivity contribution in [2.24, 2.45) is 0 Å². The standard InChI is InChI=1S/C14H9S/c1-2-6-11(7-3-1)14-10-12-8-4-5-9-13(12)15-14/h1-6,8-10H. The van der Waals surface area contributed by atoms with Gasteiger partial charge in [0.05, 0.1) is 0 Å². The first-order chi connectivity index (χ1) is 7.43. The van der Waals surface area contributed by atoms with Crippen molar-refractivity contribution in [3.8, 4) is 10.4 Å². The second-order valence-electron chi connectivity index (χ2n) is 3.42. The minimum Gasteiger partial charge on any atom is -0.135 e. The van der Waals surface area contributed by atoms with Crippen LogP contribution in [-0.2, 0) is 0 Å². The van der Waals surface area contributed by atoms with E-state index in [1.165, 1.54) is 20.5 Å². The number of hydrogen-bond acceptors (Lipinski definition) is 1. The highest BCUT2D eigenvalue weighted by Gasteiger charge is 2.02. The van der Waals surface area contributed by atoms with E-state index in [0.29, 0.717) is 0 Å². The van der Waals surface area contributed by atoms with Gasteiger partial charge in [0.2, 0.25) is 0 Å². The van der Waals surface area contributed by atoms with Gasteiger partial charge in [0.1, 0.15) is 0 Å². The molecule has 0 fully saturated rings. The van der Waals surface area contributed by atoms with Crippen LogP contribution in [0.4, 0.5) is 0 Å². The summed E-state index contributed by atoms with van der Waals surface area (Å²) >= 11 is 1.82. The molecular weight excluding hydrogens is 200 g/mol. The first-order valence-electron chi connectivity index (χ1n) is 4.89. The molecule has 15 heavy (non-hydrogen) atoms. The Kier molecular flexibility index (Phi) is 2.04. The maximum atomic E-state index is 3.26. The van der Waals surface area contributed by atoms with Gasteiger partial charge in [-0.25, -0.2) is 0 Å². The highest BCUT2D eigenvalue weighted by Crippen LogP contribution is 2.32. The Bertz CT molecular complexity index is 545. The van der Waals surface area contributed by atoms with E-state index in [9.17, 15) is 0 Å². The molecule has 0 bridgehead atoms. The van der Waals surface area contributed by atoms with E-state index in [1.807, 2.05) is 23.5 Å². The fourth-order valence-electron chi connectivity index (χ4n) is 1.66. The molecule has 0 saturated carbocycles. The van der Waals surface area contributed by atoms with E-state index in [2.05, 4.69) is 48.5 Å². The Morgan fingerprint density at radius 2 is 1.80 bits per heavy atom. The molecule has 0 saturated heterocycles. The molecule has 1 heteroatoms. The van der Waals surface area contributed by atoms with Crippen LogP contribution >= 0.6 is 11.3 Å². The Labute approximate surface area is 92.8 Å². The molecule has 0 nitrogen and oxygen atoms in total. The number of rotatable bonds is 1. The van der Waals surface area contributed by atoms with Crippen molar-refractivity contribution in [2.45, 2.75) is 0 Å². The van der Waals surface area contributed by atoms with Gasteiger partial charge in [0.15, 0.2) is 0 Å². The molecule has 0 N–H and O–H groups in total. The molecule has 0 unspecified atom stereocenters. The molecule has 1 aromatic heterocycles. The van der Waals surface area contributed by atoms with E-state index >= 15 is 0 Å². The van der Waals surface area contributed by atoms with Crippen LogP contribution in [0.2, 0.25) is 0 Å². The second-order valence-corrected chi connectivity index (χ2v) is 4.51. The SMILES string of the molecule is [c]1ccccc1-c1cc2ccccc2s1. The van der Waals surface area contributed by atoms with Crippen LogP contribution < -0.4 is 0 Å². The summed E-state index contributed by atoms with van der Waals surface area (Å²) in [4.78, 5) is 1.29. The predicted octanol–water partition coefficient (Wildman–Crippen LogP) is 4.37. The molecule has 0 amide bonds. The number of benzene rings is 2. The van der Waals surface area contributed by atoms with Crippen molar-refractivity contribution in [3.05, 3.63) is 60.7 Å². The van der Waals surface area contributed by atoms with E-state index in [1.54, 1.807) is 0 Å². The lowest BCUT2D eigenvalue weighted by Crippen LogP contribution is -1.68. The quantitative estimate of drug-likeness (QED) is 0.558. The van der Waals surface area contributed by atoms with Crippen LogP contribution in [0.15, 0.2) is 54.6 Å². The molecule has 0 atom stereocenters. The molecule has 3 rings (SSSR count). The Morgan fingerprint density at radius 3 is 2.60 bits per heavy atom. The van der Waals surface area contributed by atoms with Crippen LogP contribution in [-0.4, -0.2) is 0 Å². The summed E-state index contributed by atoms with van der Waals surface area (Å²) in [6.45, 7) is 0. The molecule has 71 valence electrons. The highest BCUT2D eigenvalue weighted by atomic mass is 32.1. The molecule has 0 spiro atoms. The summed E-state index contributed by atoms with van der Waals surface area (Å²) in [5.41, 5.74) is 1.18. The average molecular weight is 209 g/mol. The van der Waals surface area contributed by atoms with E-state index in [4.69, 9.17) is 0 Å². The Hall–Kier alpha value is -1.60. The molecule has 1 heterocycles. The molecule has 2 aromatic carbocycles. The molecule has 0 aliphatic carbocycles. The topological polar surface area (TPSA) is 0 Å². The van der Waals surface area contributed by atoms with Crippen LogP contribution in [0.5, 0.6) is 0 Å². The molecule has 3 aromatic rings. The van der Waals surface area contributed by atoms with Gasteiger partial charge >= 0.3 is 0 Å². The summed E-state index contributed by atoms with van der Waals surface area (Å²) in [7, 11) is 0. The first kappa shape index (κ1) is 8.69. The zero-order valence-electron chi connectivity index (χ0n) is 8.10. The van der Waals surface area contributed by atoms with Crippen molar-refractivity contribution < 1.29 is 0 Å². The minimum absolute atomic E-state index is 1.18. The van der Waals surface area contributed by atoms with E-state index < -0.39 is 0 Å². The highest BCUT2D eigenvalue weighted by molar-refractivity contribution is 7.22. The van der Waals surface area contributed by atoms with Crippen molar-refractivity contribution in [1.29, 1.82) is 0 Å². The van der Waals surface area contributed by atoms with Crippen LogP contribution in [0.3, 0.4) is 0 Å². The van der Waals surface area contributed by atoms with Gasteiger partial charge in [-0.3, -0.25) is 0 Å². The fraction of sp³-hybridized carbons (Fsp3) is 0. The smallest absolute Gasteiger partial charge is 0.0361 e. The number of fused-ring (bicyclic) bond motifs is 1. The number of thiophene rings is 1. The molecular formula is C14H9S. The lowest BCUT2D eigenvalue weighted by atomic mass is 10.2. The maximum absolute atomic E-state index is 3.26. The van der Waals surface area contributed by atoms with E-state index in [-0.39, 0.29) is 0 Å². The van der Waals surface area contributed by atoms with Gasteiger partial charge in [-0.05, 0) is 29.1 Å². The average Bonchev–Trinajstić information content (AvgIpc) is 2.74. The monoisotopic (exact) mass is 209 g/mol. The van der Waals surface area contributed by atoms with Gasteiger partial charge in [-0.2, -0.15) is 0 Å². The maximum Gasteiger partial charge on any atom is 0.0361 e. The zero-order chi connectivity index (χ0) is 10.1. The van der Waals surface area contributed by atoms with Crippen molar-refractivity contribution in [1.82, 2.24) is 0 Å². The summed E-state index contributed by atoms with van der Waals surface area (Å²) < 4.78 is 1.34. The van der Waals surface area contributed by atoms with Gasteiger partial charge in [0.25, 0.3) is 0 Å². The summed E-state index contributed by atoms with van der Waals surface area (Å²) in [5.74, 6) is 0. The summed E-state index contributed by atoms with van der Waals surface area (Å²) in [6.07, 6.45) is 0.